The Hall–Kier alpha value is -1.39. The number of hydrogen-bond acceptors (Lipinski definition) is 3. The number of nitrogens with zero attached hydrogens (tertiary/aromatic N) is 1. The minimum atomic E-state index is -0.221. The van der Waals surface area contributed by atoms with Gasteiger partial charge in [0, 0.05) is 23.8 Å². The summed E-state index contributed by atoms with van der Waals surface area (Å²) in [6.07, 6.45) is 1.12. The van der Waals surface area contributed by atoms with E-state index in [1.54, 1.807) is 0 Å². The van der Waals surface area contributed by atoms with Crippen LogP contribution in [0, 0.1) is 5.92 Å². The van der Waals surface area contributed by atoms with Crippen LogP contribution in [-0.4, -0.2) is 37.5 Å². The zero-order valence-electron chi connectivity index (χ0n) is 12.8. The number of para-hydroxylation sites is 1. The van der Waals surface area contributed by atoms with Crippen molar-refractivity contribution in [1.82, 2.24) is 10.2 Å². The Morgan fingerprint density at radius 3 is 2.65 bits per heavy atom. The van der Waals surface area contributed by atoms with E-state index in [1.807, 2.05) is 24.3 Å². The van der Waals surface area contributed by atoms with Gasteiger partial charge in [-0.15, -0.1) is 0 Å². The first kappa shape index (κ1) is 15.0. The van der Waals surface area contributed by atoms with Crippen LogP contribution in [0.25, 0.3) is 0 Å². The predicted octanol–water partition coefficient (Wildman–Crippen LogP) is 2.25. The molecule has 1 heterocycles. The molecule has 1 aliphatic heterocycles. The van der Waals surface area contributed by atoms with Crippen LogP contribution < -0.4 is 10.6 Å². The van der Waals surface area contributed by atoms with Gasteiger partial charge < -0.3 is 15.5 Å². The van der Waals surface area contributed by atoms with Crippen molar-refractivity contribution in [3.63, 3.8) is 0 Å². The SMILES string of the molecule is CC(C)CC(CNC1C(=O)Nc2ccccc21)N(C)C. The molecule has 1 aromatic rings. The molecule has 1 aliphatic rings. The van der Waals surface area contributed by atoms with Crippen molar-refractivity contribution < 1.29 is 4.79 Å². The molecule has 2 unspecified atom stereocenters. The maximum Gasteiger partial charge on any atom is 0.246 e. The van der Waals surface area contributed by atoms with Crippen LogP contribution in [0.5, 0.6) is 0 Å². The number of carbonyl (C=O) groups is 1. The summed E-state index contributed by atoms with van der Waals surface area (Å²) < 4.78 is 0. The molecule has 0 saturated heterocycles. The Morgan fingerprint density at radius 1 is 1.30 bits per heavy atom. The molecule has 0 saturated carbocycles. The average Bonchev–Trinajstić information content (AvgIpc) is 2.69. The Labute approximate surface area is 121 Å². The first-order valence-electron chi connectivity index (χ1n) is 7.28. The molecule has 2 N–H and O–H groups in total. The van der Waals surface area contributed by atoms with Gasteiger partial charge in [-0.05, 0) is 32.5 Å². The predicted molar refractivity (Wildman–Crippen MR) is 82.7 cm³/mol. The second-order valence-electron chi connectivity index (χ2n) is 6.16. The molecule has 4 heteroatoms. The maximum absolute atomic E-state index is 12.0. The molecule has 0 fully saturated rings. The van der Waals surface area contributed by atoms with Crippen molar-refractivity contribution in [2.75, 3.05) is 26.0 Å². The number of anilines is 1. The lowest BCUT2D eigenvalue weighted by Gasteiger charge is -2.27. The van der Waals surface area contributed by atoms with Crippen molar-refractivity contribution in [3.05, 3.63) is 29.8 Å². The lowest BCUT2D eigenvalue weighted by atomic mass is 10.0. The van der Waals surface area contributed by atoms with Crippen molar-refractivity contribution >= 4 is 11.6 Å². The molecule has 2 atom stereocenters. The fraction of sp³-hybridized carbons (Fsp3) is 0.562. The van der Waals surface area contributed by atoms with Gasteiger partial charge in [0.15, 0.2) is 0 Å². The summed E-state index contributed by atoms with van der Waals surface area (Å²) in [5, 5.41) is 6.35. The third-order valence-electron chi connectivity index (χ3n) is 3.82. The fourth-order valence-electron chi connectivity index (χ4n) is 2.69. The Balaban J connectivity index is 2.01. The van der Waals surface area contributed by atoms with E-state index in [0.29, 0.717) is 12.0 Å². The number of rotatable bonds is 6. The van der Waals surface area contributed by atoms with Crippen LogP contribution >= 0.6 is 0 Å². The second-order valence-corrected chi connectivity index (χ2v) is 6.16. The number of carbonyl (C=O) groups excluding carboxylic acids is 1. The molecule has 20 heavy (non-hydrogen) atoms. The summed E-state index contributed by atoms with van der Waals surface area (Å²) in [5.74, 6) is 0.696. The lowest BCUT2D eigenvalue weighted by Crippen LogP contribution is -2.41. The largest absolute Gasteiger partial charge is 0.324 e. The highest BCUT2D eigenvalue weighted by Crippen LogP contribution is 2.30. The van der Waals surface area contributed by atoms with Gasteiger partial charge in [-0.1, -0.05) is 32.0 Å². The van der Waals surface area contributed by atoms with Crippen molar-refractivity contribution in [2.45, 2.75) is 32.4 Å². The van der Waals surface area contributed by atoms with E-state index in [1.165, 1.54) is 0 Å². The first-order chi connectivity index (χ1) is 9.49. The molecule has 2 rings (SSSR count). The third-order valence-corrected chi connectivity index (χ3v) is 3.82. The molecule has 1 amide bonds. The van der Waals surface area contributed by atoms with Crippen LogP contribution in [0.1, 0.15) is 31.9 Å². The number of nitrogens with one attached hydrogen (secondary N) is 2. The summed E-state index contributed by atoms with van der Waals surface area (Å²) in [6, 6.07) is 8.11. The van der Waals surface area contributed by atoms with E-state index >= 15 is 0 Å². The van der Waals surface area contributed by atoms with Crippen LogP contribution in [0.15, 0.2) is 24.3 Å². The van der Waals surface area contributed by atoms with Gasteiger partial charge in [0.05, 0.1) is 0 Å². The second kappa shape index (κ2) is 6.37. The van der Waals surface area contributed by atoms with Gasteiger partial charge in [0.1, 0.15) is 6.04 Å². The Bertz CT molecular complexity index is 471. The van der Waals surface area contributed by atoms with Crippen LogP contribution in [0.4, 0.5) is 5.69 Å². The van der Waals surface area contributed by atoms with Gasteiger partial charge in [0.2, 0.25) is 5.91 Å². The molecule has 0 aliphatic carbocycles. The summed E-state index contributed by atoms with van der Waals surface area (Å²) in [6.45, 7) is 5.28. The quantitative estimate of drug-likeness (QED) is 0.837. The first-order valence-corrected chi connectivity index (χ1v) is 7.28. The van der Waals surface area contributed by atoms with Gasteiger partial charge in [0.25, 0.3) is 0 Å². The number of amides is 1. The number of hydrogen-bond donors (Lipinski definition) is 2. The van der Waals surface area contributed by atoms with E-state index in [0.717, 1.165) is 24.2 Å². The summed E-state index contributed by atoms with van der Waals surface area (Å²) >= 11 is 0. The normalized spacial score (nSPS) is 19.3. The number of likely N-dealkylation sites (N-methyl/N-ethyl adjacent to an activating group) is 1. The third kappa shape index (κ3) is 3.38. The minimum Gasteiger partial charge on any atom is -0.324 e. The van der Waals surface area contributed by atoms with Crippen molar-refractivity contribution in [3.8, 4) is 0 Å². The van der Waals surface area contributed by atoms with Crippen LogP contribution in [0.2, 0.25) is 0 Å². The average molecular weight is 275 g/mol. The van der Waals surface area contributed by atoms with Gasteiger partial charge in [-0.25, -0.2) is 0 Å². The van der Waals surface area contributed by atoms with E-state index in [9.17, 15) is 4.79 Å². The Morgan fingerprint density at radius 2 is 2.00 bits per heavy atom. The molecular formula is C16H25N3O. The van der Waals surface area contributed by atoms with Crippen LogP contribution in [0.3, 0.4) is 0 Å². The molecule has 0 bridgehead atoms. The van der Waals surface area contributed by atoms with Gasteiger partial charge >= 0.3 is 0 Å². The fourth-order valence-corrected chi connectivity index (χ4v) is 2.69. The van der Waals surface area contributed by atoms with Gasteiger partial charge in [-0.3, -0.25) is 4.79 Å². The number of benzene rings is 1. The van der Waals surface area contributed by atoms with Crippen molar-refractivity contribution in [1.29, 1.82) is 0 Å². The highest BCUT2D eigenvalue weighted by Gasteiger charge is 2.30. The smallest absolute Gasteiger partial charge is 0.246 e. The molecule has 0 aromatic heterocycles. The molecular weight excluding hydrogens is 250 g/mol. The molecule has 0 radical (unpaired) electrons. The molecule has 0 spiro atoms. The molecule has 4 nitrogen and oxygen atoms in total. The highest BCUT2D eigenvalue weighted by atomic mass is 16.2. The topological polar surface area (TPSA) is 44.4 Å². The maximum atomic E-state index is 12.0. The standard InChI is InChI=1S/C16H25N3O/c1-11(2)9-12(19(3)4)10-17-15-13-7-5-6-8-14(13)18-16(15)20/h5-8,11-12,15,17H,9-10H2,1-4H3,(H,18,20). The Kier molecular flexibility index (Phi) is 4.78. The zero-order chi connectivity index (χ0) is 14.7. The zero-order valence-corrected chi connectivity index (χ0v) is 12.8. The van der Waals surface area contributed by atoms with Gasteiger partial charge in [-0.2, -0.15) is 0 Å². The minimum absolute atomic E-state index is 0.0493. The molecule has 1 aromatic carbocycles. The van der Waals surface area contributed by atoms with E-state index in [-0.39, 0.29) is 11.9 Å². The highest BCUT2D eigenvalue weighted by molar-refractivity contribution is 6.02. The van der Waals surface area contributed by atoms with E-state index < -0.39 is 0 Å². The summed E-state index contributed by atoms with van der Waals surface area (Å²) in [7, 11) is 4.19. The summed E-state index contributed by atoms with van der Waals surface area (Å²) in [4.78, 5) is 14.3. The number of fused-ring (bicyclic) bond motifs is 1. The lowest BCUT2D eigenvalue weighted by molar-refractivity contribution is -0.117. The van der Waals surface area contributed by atoms with E-state index in [4.69, 9.17) is 0 Å². The van der Waals surface area contributed by atoms with Crippen LogP contribution in [-0.2, 0) is 4.79 Å². The van der Waals surface area contributed by atoms with Crippen molar-refractivity contribution in [2.24, 2.45) is 5.92 Å². The molecule has 110 valence electrons. The summed E-state index contributed by atoms with van der Waals surface area (Å²) in [5.41, 5.74) is 1.99. The van der Waals surface area contributed by atoms with E-state index in [2.05, 4.69) is 43.5 Å². The monoisotopic (exact) mass is 275 g/mol.